The number of ether oxygens (including phenoxy) is 1. The highest BCUT2D eigenvalue weighted by Crippen LogP contribution is 2.47. The molecule has 0 spiro atoms. The normalized spacial score (nSPS) is 28.6. The first kappa shape index (κ1) is 13.9. The molecule has 2 unspecified atom stereocenters. The van der Waals surface area contributed by atoms with Crippen molar-refractivity contribution in [3.8, 4) is 5.75 Å². The topological polar surface area (TPSA) is 46.6 Å². The molecule has 4 nitrogen and oxygen atoms in total. The van der Waals surface area contributed by atoms with E-state index in [4.69, 9.17) is 4.74 Å². The smallest absolute Gasteiger partial charge is 0.335 e. The number of halogens is 1. The number of thioether (sulfide) groups is 1. The second-order valence-electron chi connectivity index (χ2n) is 5.12. The largest absolute Gasteiger partial charge is 0.424 e. The molecule has 2 aliphatic heterocycles. The minimum absolute atomic E-state index is 0.0478. The lowest BCUT2D eigenvalue weighted by Gasteiger charge is -2.29. The summed E-state index contributed by atoms with van der Waals surface area (Å²) < 4.78 is 6.17. The Kier molecular flexibility index (Phi) is 3.54. The number of amides is 1. The highest BCUT2D eigenvalue weighted by Gasteiger charge is 2.53. The molecule has 0 radical (unpaired) electrons. The molecular formula is C14H14BrNO3S. The van der Waals surface area contributed by atoms with E-state index in [-0.39, 0.29) is 16.7 Å². The fraction of sp³-hybridized carbons (Fsp3) is 0.429. The van der Waals surface area contributed by atoms with Crippen molar-refractivity contribution in [1.82, 2.24) is 4.90 Å². The number of esters is 1. The van der Waals surface area contributed by atoms with E-state index in [1.54, 1.807) is 22.7 Å². The van der Waals surface area contributed by atoms with Crippen LogP contribution in [-0.4, -0.2) is 33.4 Å². The molecule has 0 aromatic heterocycles. The third-order valence-corrected chi connectivity index (χ3v) is 5.92. The third kappa shape index (κ3) is 2.24. The van der Waals surface area contributed by atoms with Gasteiger partial charge in [-0.05, 0) is 41.4 Å². The first-order valence-electron chi connectivity index (χ1n) is 6.44. The van der Waals surface area contributed by atoms with Gasteiger partial charge < -0.3 is 9.64 Å². The Bertz CT molecular complexity index is 579. The average molecular weight is 356 g/mol. The van der Waals surface area contributed by atoms with Gasteiger partial charge in [0.05, 0.1) is 9.34 Å². The Morgan fingerprint density at radius 1 is 1.50 bits per heavy atom. The lowest BCUT2D eigenvalue weighted by atomic mass is 10.2. The Morgan fingerprint density at radius 3 is 3.00 bits per heavy atom. The molecule has 20 heavy (non-hydrogen) atoms. The van der Waals surface area contributed by atoms with Gasteiger partial charge in [0.25, 0.3) is 0 Å². The van der Waals surface area contributed by atoms with E-state index in [2.05, 4.69) is 15.9 Å². The zero-order valence-electron chi connectivity index (χ0n) is 11.0. The van der Waals surface area contributed by atoms with Crippen LogP contribution in [0.1, 0.15) is 19.8 Å². The molecule has 1 amide bonds. The van der Waals surface area contributed by atoms with Crippen LogP contribution in [0.25, 0.3) is 0 Å². The van der Waals surface area contributed by atoms with Crippen molar-refractivity contribution in [3.63, 3.8) is 0 Å². The summed E-state index contributed by atoms with van der Waals surface area (Å²) in [6, 6.07) is 6.73. The van der Waals surface area contributed by atoms with Gasteiger partial charge in [-0.25, -0.2) is 4.79 Å². The van der Waals surface area contributed by atoms with Gasteiger partial charge >= 0.3 is 5.97 Å². The van der Waals surface area contributed by atoms with Crippen LogP contribution in [0.4, 0.5) is 0 Å². The predicted octanol–water partition coefficient (Wildman–Crippen LogP) is 2.81. The maximum Gasteiger partial charge on any atom is 0.335 e. The molecule has 0 N–H and O–H groups in total. The molecule has 2 heterocycles. The molecule has 2 fully saturated rings. The number of hydrogen-bond donors (Lipinski definition) is 0. The Morgan fingerprint density at radius 2 is 2.25 bits per heavy atom. The van der Waals surface area contributed by atoms with E-state index in [1.165, 1.54) is 0 Å². The standard InChI is InChI=1S/C14H14BrNO3S/c1-14-7-6-12(17)16(14)10(8-20-14)13(18)19-11-5-3-2-4-9(11)15/h2-5,10H,6-8H2,1H3. The van der Waals surface area contributed by atoms with E-state index < -0.39 is 6.04 Å². The first-order chi connectivity index (χ1) is 9.51. The lowest BCUT2D eigenvalue weighted by molar-refractivity contribution is -0.146. The Hall–Kier alpha value is -1.01. The van der Waals surface area contributed by atoms with Gasteiger partial charge in [-0.3, -0.25) is 4.79 Å². The molecule has 0 aliphatic carbocycles. The van der Waals surface area contributed by atoms with E-state index in [9.17, 15) is 9.59 Å². The quantitative estimate of drug-likeness (QED) is 0.604. The van der Waals surface area contributed by atoms with Crippen LogP contribution in [0, 0.1) is 0 Å². The van der Waals surface area contributed by atoms with Crippen molar-refractivity contribution in [2.24, 2.45) is 0 Å². The van der Waals surface area contributed by atoms with Crippen molar-refractivity contribution in [2.45, 2.75) is 30.7 Å². The van der Waals surface area contributed by atoms with Crippen LogP contribution < -0.4 is 4.74 Å². The number of carbonyl (C=O) groups excluding carboxylic acids is 2. The molecule has 2 saturated heterocycles. The monoisotopic (exact) mass is 355 g/mol. The summed E-state index contributed by atoms with van der Waals surface area (Å²) in [5, 5.41) is 0. The van der Waals surface area contributed by atoms with Gasteiger partial charge in [-0.15, -0.1) is 11.8 Å². The van der Waals surface area contributed by atoms with Crippen molar-refractivity contribution in [2.75, 3.05) is 5.75 Å². The average Bonchev–Trinajstić information content (AvgIpc) is 2.90. The SMILES string of the molecule is CC12CCC(=O)N1C(C(=O)Oc1ccccc1Br)CS2. The van der Waals surface area contributed by atoms with Crippen molar-refractivity contribution in [1.29, 1.82) is 0 Å². The summed E-state index contributed by atoms with van der Waals surface area (Å²) in [6.45, 7) is 2.02. The molecule has 2 aliphatic rings. The minimum atomic E-state index is -0.480. The van der Waals surface area contributed by atoms with Crippen LogP contribution in [0.3, 0.4) is 0 Å². The molecule has 1 aromatic carbocycles. The van der Waals surface area contributed by atoms with Gasteiger partial charge in [0.2, 0.25) is 5.91 Å². The van der Waals surface area contributed by atoms with Gasteiger partial charge in [0.1, 0.15) is 11.8 Å². The third-order valence-electron chi connectivity index (χ3n) is 3.76. The molecule has 1 aromatic rings. The highest BCUT2D eigenvalue weighted by atomic mass is 79.9. The molecule has 106 valence electrons. The van der Waals surface area contributed by atoms with E-state index in [0.29, 0.717) is 17.9 Å². The second kappa shape index (κ2) is 5.07. The Labute approximate surface area is 130 Å². The van der Waals surface area contributed by atoms with Crippen LogP contribution in [0.2, 0.25) is 0 Å². The van der Waals surface area contributed by atoms with Crippen molar-refractivity contribution >= 4 is 39.6 Å². The molecule has 6 heteroatoms. The van der Waals surface area contributed by atoms with Gasteiger partial charge in [0, 0.05) is 12.2 Å². The first-order valence-corrected chi connectivity index (χ1v) is 8.21. The molecule has 2 atom stereocenters. The van der Waals surface area contributed by atoms with Crippen molar-refractivity contribution < 1.29 is 14.3 Å². The number of rotatable bonds is 2. The van der Waals surface area contributed by atoms with Gasteiger partial charge in [0.15, 0.2) is 0 Å². The molecule has 0 saturated carbocycles. The summed E-state index contributed by atoms with van der Waals surface area (Å²) in [4.78, 5) is 25.8. The lowest BCUT2D eigenvalue weighted by Crippen LogP contribution is -2.47. The van der Waals surface area contributed by atoms with Crippen LogP contribution >= 0.6 is 27.7 Å². The maximum atomic E-state index is 12.3. The number of carbonyl (C=O) groups is 2. The van der Waals surface area contributed by atoms with E-state index in [0.717, 1.165) is 10.9 Å². The number of fused-ring (bicyclic) bond motifs is 1. The van der Waals surface area contributed by atoms with Crippen molar-refractivity contribution in [3.05, 3.63) is 28.7 Å². The number of benzene rings is 1. The fourth-order valence-corrected chi connectivity index (χ4v) is 4.48. The molecule has 0 bridgehead atoms. The predicted molar refractivity (Wildman–Crippen MR) is 80.5 cm³/mol. The highest BCUT2D eigenvalue weighted by molar-refractivity contribution is 9.10. The van der Waals surface area contributed by atoms with E-state index >= 15 is 0 Å². The fourth-order valence-electron chi connectivity index (χ4n) is 2.70. The van der Waals surface area contributed by atoms with Crippen LogP contribution in [0.15, 0.2) is 28.7 Å². The van der Waals surface area contributed by atoms with Crippen LogP contribution in [0.5, 0.6) is 5.75 Å². The summed E-state index contributed by atoms with van der Waals surface area (Å²) in [5.74, 6) is 0.781. The van der Waals surface area contributed by atoms with Gasteiger partial charge in [-0.1, -0.05) is 12.1 Å². The second-order valence-corrected chi connectivity index (χ2v) is 7.47. The Balaban J connectivity index is 1.79. The number of hydrogen-bond acceptors (Lipinski definition) is 4. The summed E-state index contributed by atoms with van der Waals surface area (Å²) in [6.07, 6.45) is 1.32. The molecule has 3 rings (SSSR count). The zero-order valence-corrected chi connectivity index (χ0v) is 13.4. The maximum absolute atomic E-state index is 12.3. The van der Waals surface area contributed by atoms with Crippen LogP contribution in [-0.2, 0) is 9.59 Å². The van der Waals surface area contributed by atoms with E-state index in [1.807, 2.05) is 25.1 Å². The minimum Gasteiger partial charge on any atom is -0.424 e. The summed E-state index contributed by atoms with van der Waals surface area (Å²) in [5.41, 5.74) is 0. The van der Waals surface area contributed by atoms with Gasteiger partial charge in [-0.2, -0.15) is 0 Å². The summed E-state index contributed by atoms with van der Waals surface area (Å²) >= 11 is 5.01. The number of para-hydroxylation sites is 1. The molecular weight excluding hydrogens is 342 g/mol. The summed E-state index contributed by atoms with van der Waals surface area (Å²) in [7, 11) is 0. The number of nitrogens with zero attached hydrogens (tertiary/aromatic N) is 1. The zero-order chi connectivity index (χ0) is 14.3.